The lowest BCUT2D eigenvalue weighted by Crippen LogP contribution is -2.23. The van der Waals surface area contributed by atoms with Gasteiger partial charge < -0.3 is 11.1 Å². The van der Waals surface area contributed by atoms with E-state index in [1.54, 1.807) is 12.1 Å². The number of halogens is 2. The van der Waals surface area contributed by atoms with Crippen molar-refractivity contribution in [3.63, 3.8) is 0 Å². The second kappa shape index (κ2) is 5.58. The van der Waals surface area contributed by atoms with Crippen LogP contribution in [0.15, 0.2) is 18.2 Å². The third-order valence-electron chi connectivity index (χ3n) is 3.52. The molecular formula is C14H14Cl2N4O. The number of nitrogens with zero attached hydrogens (tertiary/aromatic N) is 2. The third kappa shape index (κ3) is 2.59. The number of carbonyl (C=O) groups excluding carboxylic acids is 1. The van der Waals surface area contributed by atoms with E-state index >= 15 is 0 Å². The van der Waals surface area contributed by atoms with Gasteiger partial charge in [-0.1, -0.05) is 23.2 Å². The molecule has 0 atom stereocenters. The Labute approximate surface area is 132 Å². The van der Waals surface area contributed by atoms with Crippen molar-refractivity contribution >= 4 is 35.1 Å². The van der Waals surface area contributed by atoms with Crippen LogP contribution in [0.3, 0.4) is 0 Å². The van der Waals surface area contributed by atoms with Crippen LogP contribution >= 0.6 is 23.2 Å². The lowest BCUT2D eigenvalue weighted by atomic mass is 10.0. The number of primary amides is 1. The Morgan fingerprint density at radius 1 is 1.33 bits per heavy atom. The fraction of sp³-hybridized carbons (Fsp3) is 0.286. The number of rotatable bonds is 1. The van der Waals surface area contributed by atoms with E-state index in [2.05, 4.69) is 10.4 Å². The Hall–Kier alpha value is -1.72. The van der Waals surface area contributed by atoms with Crippen LogP contribution in [-0.4, -0.2) is 22.4 Å². The van der Waals surface area contributed by atoms with E-state index in [4.69, 9.17) is 28.9 Å². The molecular weight excluding hydrogens is 311 g/mol. The van der Waals surface area contributed by atoms with E-state index < -0.39 is 6.03 Å². The maximum absolute atomic E-state index is 11.6. The zero-order chi connectivity index (χ0) is 15.0. The highest BCUT2D eigenvalue weighted by atomic mass is 35.5. The summed E-state index contributed by atoms with van der Waals surface area (Å²) in [6.07, 6.45) is 2.87. The van der Waals surface area contributed by atoms with Gasteiger partial charge in [0.2, 0.25) is 0 Å². The van der Waals surface area contributed by atoms with Crippen LogP contribution in [0.2, 0.25) is 10.0 Å². The number of hydrogen-bond acceptors (Lipinski definition) is 3. The highest BCUT2D eigenvalue weighted by Crippen LogP contribution is 2.36. The first-order valence-electron chi connectivity index (χ1n) is 6.69. The minimum absolute atomic E-state index is 0.503. The van der Waals surface area contributed by atoms with Crippen LogP contribution < -0.4 is 11.1 Å². The van der Waals surface area contributed by atoms with E-state index in [0.717, 1.165) is 36.9 Å². The highest BCUT2D eigenvalue weighted by Gasteiger charge is 2.24. The molecule has 3 rings (SSSR count). The van der Waals surface area contributed by atoms with Gasteiger partial charge in [0.25, 0.3) is 0 Å². The number of anilines is 1. The van der Waals surface area contributed by atoms with Gasteiger partial charge in [-0.15, -0.1) is 0 Å². The van der Waals surface area contributed by atoms with E-state index in [0.29, 0.717) is 21.6 Å². The smallest absolute Gasteiger partial charge is 0.341 e. The van der Waals surface area contributed by atoms with Crippen molar-refractivity contribution in [3.05, 3.63) is 33.8 Å². The molecule has 0 fully saturated rings. The number of amides is 1. The van der Waals surface area contributed by atoms with Gasteiger partial charge in [0.15, 0.2) is 0 Å². The van der Waals surface area contributed by atoms with Gasteiger partial charge in [-0.2, -0.15) is 9.78 Å². The maximum atomic E-state index is 11.6. The molecule has 2 heterocycles. The quantitative estimate of drug-likeness (QED) is 0.842. The molecule has 0 saturated carbocycles. The van der Waals surface area contributed by atoms with E-state index in [-0.39, 0.29) is 0 Å². The van der Waals surface area contributed by atoms with Crippen LogP contribution in [0.4, 0.5) is 10.6 Å². The minimum atomic E-state index is -0.614. The van der Waals surface area contributed by atoms with Crippen LogP contribution in [0, 0.1) is 0 Å². The van der Waals surface area contributed by atoms with Crippen LogP contribution in [-0.2, 0) is 6.42 Å². The molecule has 0 radical (unpaired) electrons. The van der Waals surface area contributed by atoms with Gasteiger partial charge >= 0.3 is 6.03 Å². The molecule has 0 unspecified atom stereocenters. The molecule has 0 saturated heterocycles. The lowest BCUT2D eigenvalue weighted by Gasteiger charge is -2.05. The molecule has 2 aromatic rings. The third-order valence-corrected chi connectivity index (χ3v) is 4.07. The van der Waals surface area contributed by atoms with E-state index in [1.165, 1.54) is 4.68 Å². The molecule has 5 nitrogen and oxygen atoms in total. The summed E-state index contributed by atoms with van der Waals surface area (Å²) < 4.78 is 1.21. The molecule has 1 aromatic heterocycles. The summed E-state index contributed by atoms with van der Waals surface area (Å²) in [5, 5.41) is 8.63. The molecule has 3 N–H and O–H groups in total. The summed E-state index contributed by atoms with van der Waals surface area (Å²) in [5.41, 5.74) is 7.81. The number of benzene rings is 1. The Kier molecular flexibility index (Phi) is 3.78. The average Bonchev–Trinajstić information content (AvgIpc) is 2.63. The number of aromatic nitrogens is 2. The number of nitrogens with one attached hydrogen (secondary N) is 1. The molecule has 1 aromatic carbocycles. The summed E-state index contributed by atoms with van der Waals surface area (Å²) in [6.45, 7) is 0.791. The molecule has 110 valence electrons. The molecule has 0 aliphatic carbocycles. The predicted octanol–water partition coefficient (Wildman–Crippen LogP) is 3.53. The largest absolute Gasteiger partial charge is 0.370 e. The van der Waals surface area contributed by atoms with Crippen molar-refractivity contribution in [2.24, 2.45) is 5.73 Å². The fourth-order valence-corrected chi connectivity index (χ4v) is 3.06. The lowest BCUT2D eigenvalue weighted by molar-refractivity contribution is 0.248. The van der Waals surface area contributed by atoms with Crippen molar-refractivity contribution in [1.82, 2.24) is 9.78 Å². The van der Waals surface area contributed by atoms with E-state index in [1.807, 2.05) is 6.07 Å². The topological polar surface area (TPSA) is 72.9 Å². The van der Waals surface area contributed by atoms with Gasteiger partial charge in [-0.3, -0.25) is 0 Å². The summed E-state index contributed by atoms with van der Waals surface area (Å²) >= 11 is 12.2. The minimum Gasteiger partial charge on any atom is -0.370 e. The van der Waals surface area contributed by atoms with Gasteiger partial charge in [0, 0.05) is 22.7 Å². The number of nitrogens with two attached hydrogens (primary N) is 1. The molecule has 1 aliphatic rings. The molecule has 1 aliphatic heterocycles. The summed E-state index contributed by atoms with van der Waals surface area (Å²) in [6, 6.07) is 4.61. The monoisotopic (exact) mass is 324 g/mol. The van der Waals surface area contributed by atoms with E-state index in [9.17, 15) is 4.79 Å². The van der Waals surface area contributed by atoms with Crippen molar-refractivity contribution in [2.45, 2.75) is 19.3 Å². The summed E-state index contributed by atoms with van der Waals surface area (Å²) in [7, 11) is 0. The predicted molar refractivity (Wildman–Crippen MR) is 84.1 cm³/mol. The van der Waals surface area contributed by atoms with Crippen molar-refractivity contribution in [2.75, 3.05) is 11.9 Å². The summed E-state index contributed by atoms with van der Waals surface area (Å²) in [4.78, 5) is 11.6. The van der Waals surface area contributed by atoms with Crippen LogP contribution in [0.1, 0.15) is 18.4 Å². The Bertz CT molecular complexity index is 711. The first-order valence-corrected chi connectivity index (χ1v) is 7.44. The van der Waals surface area contributed by atoms with Crippen LogP contribution in [0.25, 0.3) is 11.3 Å². The Morgan fingerprint density at radius 2 is 2.14 bits per heavy atom. The zero-order valence-corrected chi connectivity index (χ0v) is 12.7. The Morgan fingerprint density at radius 3 is 2.86 bits per heavy atom. The SMILES string of the molecule is NC(=O)n1nc(-c2ccc(Cl)cc2Cl)c2c1NCCCC2. The Balaban J connectivity index is 2.20. The van der Waals surface area contributed by atoms with Crippen molar-refractivity contribution in [1.29, 1.82) is 0 Å². The highest BCUT2D eigenvalue weighted by molar-refractivity contribution is 6.36. The molecule has 0 spiro atoms. The number of hydrogen-bond donors (Lipinski definition) is 2. The number of carbonyl (C=O) groups is 1. The normalized spacial score (nSPS) is 14.2. The van der Waals surface area contributed by atoms with Gasteiger partial charge in [0.05, 0.1) is 10.7 Å². The summed E-state index contributed by atoms with van der Waals surface area (Å²) in [5.74, 6) is 0.668. The zero-order valence-electron chi connectivity index (χ0n) is 11.2. The van der Waals surface area contributed by atoms with Gasteiger partial charge in [-0.25, -0.2) is 4.79 Å². The van der Waals surface area contributed by atoms with Gasteiger partial charge in [0.1, 0.15) is 5.82 Å². The average molecular weight is 325 g/mol. The number of fused-ring (bicyclic) bond motifs is 1. The van der Waals surface area contributed by atoms with Crippen LogP contribution in [0.5, 0.6) is 0 Å². The second-order valence-electron chi connectivity index (χ2n) is 4.93. The standard InChI is InChI=1S/C14H14Cl2N4O/c15-8-4-5-9(11(16)7-8)12-10-3-1-2-6-18-13(10)20(19-12)14(17)21/h4-5,7,18H,1-3,6H2,(H2,17,21). The fourth-order valence-electron chi connectivity index (χ4n) is 2.56. The second-order valence-corrected chi connectivity index (χ2v) is 5.78. The van der Waals surface area contributed by atoms with Crippen molar-refractivity contribution < 1.29 is 4.79 Å². The molecule has 1 amide bonds. The maximum Gasteiger partial charge on any atom is 0.341 e. The molecule has 21 heavy (non-hydrogen) atoms. The first-order chi connectivity index (χ1) is 10.1. The van der Waals surface area contributed by atoms with Gasteiger partial charge in [-0.05, 0) is 37.5 Å². The molecule has 0 bridgehead atoms. The first kappa shape index (κ1) is 14.2. The molecule has 7 heteroatoms. The van der Waals surface area contributed by atoms with Crippen molar-refractivity contribution in [3.8, 4) is 11.3 Å².